The van der Waals surface area contributed by atoms with Gasteiger partial charge in [0, 0.05) is 29.3 Å². The first-order chi connectivity index (χ1) is 19.1. The van der Waals surface area contributed by atoms with Crippen molar-refractivity contribution < 1.29 is 19.4 Å². The number of carbonyl (C=O) groups excluding carboxylic acids is 2. The van der Waals surface area contributed by atoms with Gasteiger partial charge in [0.05, 0.1) is 18.5 Å². The second-order valence-corrected chi connectivity index (χ2v) is 11.2. The van der Waals surface area contributed by atoms with Crippen molar-refractivity contribution in [3.63, 3.8) is 0 Å². The van der Waals surface area contributed by atoms with Gasteiger partial charge in [-0.2, -0.15) is 9.78 Å². The molecule has 40 heavy (non-hydrogen) atoms. The van der Waals surface area contributed by atoms with Gasteiger partial charge in [0.25, 0.3) is 5.91 Å². The number of methoxy groups -OCH3 is 1. The molecular formula is C32H34N4O4. The van der Waals surface area contributed by atoms with Crippen molar-refractivity contribution in [2.75, 3.05) is 12.4 Å². The first kappa shape index (κ1) is 27.0. The summed E-state index contributed by atoms with van der Waals surface area (Å²) in [5.74, 6) is 0.756. The molecule has 2 amide bonds. The van der Waals surface area contributed by atoms with Crippen LogP contribution in [0.4, 0.5) is 10.5 Å². The van der Waals surface area contributed by atoms with Gasteiger partial charge >= 0.3 is 6.03 Å². The zero-order valence-electron chi connectivity index (χ0n) is 23.2. The Morgan fingerprint density at radius 2 is 1.70 bits per heavy atom. The van der Waals surface area contributed by atoms with E-state index in [1.54, 1.807) is 19.2 Å². The number of carbonyl (C=O) groups is 2. The molecule has 0 spiro atoms. The number of rotatable bonds is 7. The van der Waals surface area contributed by atoms with Crippen LogP contribution in [0.3, 0.4) is 0 Å². The third-order valence-corrected chi connectivity index (χ3v) is 7.07. The molecule has 8 heteroatoms. The van der Waals surface area contributed by atoms with E-state index < -0.39 is 0 Å². The Bertz CT molecular complexity index is 1530. The van der Waals surface area contributed by atoms with Crippen molar-refractivity contribution in [2.24, 2.45) is 0 Å². The van der Waals surface area contributed by atoms with Gasteiger partial charge in [-0.3, -0.25) is 4.79 Å². The van der Waals surface area contributed by atoms with Crippen molar-refractivity contribution in [2.45, 2.75) is 51.5 Å². The summed E-state index contributed by atoms with van der Waals surface area (Å²) in [6.45, 7) is 6.72. The van der Waals surface area contributed by atoms with Gasteiger partial charge in [0.15, 0.2) is 0 Å². The number of anilines is 1. The lowest BCUT2D eigenvalue weighted by Crippen LogP contribution is -2.30. The number of nitrogens with zero attached hydrogens (tertiary/aromatic N) is 2. The minimum absolute atomic E-state index is 0.00380. The molecule has 0 unspecified atom stereocenters. The molecule has 5 rings (SSSR count). The molecular weight excluding hydrogens is 504 g/mol. The Morgan fingerprint density at radius 1 is 1.00 bits per heavy atom. The lowest BCUT2D eigenvalue weighted by atomic mass is 9.87. The van der Waals surface area contributed by atoms with Gasteiger partial charge in [-0.1, -0.05) is 45.0 Å². The Morgan fingerprint density at radius 3 is 2.33 bits per heavy atom. The number of aromatic nitrogens is 2. The van der Waals surface area contributed by atoms with Gasteiger partial charge in [-0.15, -0.1) is 0 Å². The van der Waals surface area contributed by atoms with Crippen LogP contribution in [0.25, 0.3) is 11.3 Å². The third kappa shape index (κ3) is 6.01. The lowest BCUT2D eigenvalue weighted by Gasteiger charge is -2.19. The summed E-state index contributed by atoms with van der Waals surface area (Å²) in [5.41, 5.74) is 4.83. The predicted molar refractivity (Wildman–Crippen MR) is 155 cm³/mol. The second-order valence-electron chi connectivity index (χ2n) is 11.2. The van der Waals surface area contributed by atoms with Gasteiger partial charge in [-0.05, 0) is 77.9 Å². The quantitative estimate of drug-likeness (QED) is 0.235. The van der Waals surface area contributed by atoms with E-state index in [9.17, 15) is 14.7 Å². The average molecular weight is 539 g/mol. The van der Waals surface area contributed by atoms with Gasteiger partial charge in [-0.25, -0.2) is 4.79 Å². The van der Waals surface area contributed by atoms with E-state index in [2.05, 4.69) is 36.5 Å². The number of ether oxygens (including phenoxy) is 1. The zero-order valence-corrected chi connectivity index (χ0v) is 23.2. The normalized spacial score (nSPS) is 13.1. The van der Waals surface area contributed by atoms with E-state index in [-0.39, 0.29) is 29.0 Å². The van der Waals surface area contributed by atoms with Crippen molar-refractivity contribution in [3.8, 4) is 22.8 Å². The van der Waals surface area contributed by atoms with Crippen LogP contribution < -0.4 is 15.4 Å². The van der Waals surface area contributed by atoms with E-state index in [0.717, 1.165) is 35.4 Å². The Labute approximate surface area is 234 Å². The smallest absolute Gasteiger partial charge is 0.342 e. The number of aromatic hydroxyl groups is 1. The molecule has 0 aliphatic heterocycles. The minimum atomic E-state index is -0.341. The second kappa shape index (κ2) is 10.9. The summed E-state index contributed by atoms with van der Waals surface area (Å²) in [5, 5.41) is 21.1. The maximum absolute atomic E-state index is 13.1. The number of phenols is 1. The van der Waals surface area contributed by atoms with Crippen LogP contribution in [0.2, 0.25) is 0 Å². The highest BCUT2D eigenvalue weighted by Crippen LogP contribution is 2.42. The maximum atomic E-state index is 13.1. The van der Waals surface area contributed by atoms with Crippen LogP contribution in [-0.4, -0.2) is 33.9 Å². The topological polar surface area (TPSA) is 105 Å². The Balaban J connectivity index is 1.34. The number of nitrogens with one attached hydrogen (secondary N) is 2. The summed E-state index contributed by atoms with van der Waals surface area (Å²) in [7, 11) is 1.61. The summed E-state index contributed by atoms with van der Waals surface area (Å²) in [6.07, 6.45) is 1.96. The number of hydrogen-bond acceptors (Lipinski definition) is 5. The predicted octanol–water partition coefficient (Wildman–Crippen LogP) is 6.45. The van der Waals surface area contributed by atoms with Gasteiger partial charge in [0.1, 0.15) is 11.5 Å². The van der Waals surface area contributed by atoms with Gasteiger partial charge in [0.2, 0.25) is 0 Å². The fourth-order valence-corrected chi connectivity index (χ4v) is 4.50. The summed E-state index contributed by atoms with van der Waals surface area (Å²) in [6, 6.07) is 21.4. The van der Waals surface area contributed by atoms with Crippen molar-refractivity contribution in [1.82, 2.24) is 15.1 Å². The number of amides is 2. The summed E-state index contributed by atoms with van der Waals surface area (Å²) < 4.78 is 6.58. The van der Waals surface area contributed by atoms with Crippen molar-refractivity contribution in [3.05, 3.63) is 95.2 Å². The highest BCUT2D eigenvalue weighted by atomic mass is 16.5. The van der Waals surface area contributed by atoms with Crippen molar-refractivity contribution in [1.29, 1.82) is 0 Å². The molecule has 3 N–H and O–H groups in total. The number of hydrogen-bond donors (Lipinski definition) is 3. The highest BCUT2D eigenvalue weighted by Gasteiger charge is 2.31. The molecule has 1 saturated carbocycles. The first-order valence-electron chi connectivity index (χ1n) is 13.4. The molecule has 0 saturated heterocycles. The zero-order chi connectivity index (χ0) is 28.4. The third-order valence-electron chi connectivity index (χ3n) is 7.07. The fraction of sp³-hybridized carbons (Fsp3) is 0.281. The Hall–Kier alpha value is -4.59. The number of phenolic OH excluding ortho intramolecular Hbond substituents is 1. The molecule has 1 heterocycles. The molecule has 1 aliphatic carbocycles. The largest absolute Gasteiger partial charge is 0.507 e. The molecule has 206 valence electrons. The highest BCUT2D eigenvalue weighted by molar-refractivity contribution is 6.04. The molecule has 8 nitrogen and oxygen atoms in total. The summed E-state index contributed by atoms with van der Waals surface area (Å²) in [4.78, 5) is 26.0. The molecule has 0 atom stereocenters. The monoisotopic (exact) mass is 538 g/mol. The molecule has 3 aromatic carbocycles. The fourth-order valence-electron chi connectivity index (χ4n) is 4.50. The van der Waals surface area contributed by atoms with Crippen LogP contribution in [0.15, 0.2) is 72.8 Å². The average Bonchev–Trinajstić information content (AvgIpc) is 3.70. The van der Waals surface area contributed by atoms with Crippen LogP contribution in [0.5, 0.6) is 11.5 Å². The van der Waals surface area contributed by atoms with Crippen LogP contribution in [-0.2, 0) is 12.0 Å². The summed E-state index contributed by atoms with van der Waals surface area (Å²) >= 11 is 0. The van der Waals surface area contributed by atoms with Gasteiger partial charge < -0.3 is 20.5 Å². The van der Waals surface area contributed by atoms with E-state index in [1.807, 2.05) is 54.6 Å². The van der Waals surface area contributed by atoms with Crippen LogP contribution in [0.1, 0.15) is 66.7 Å². The van der Waals surface area contributed by atoms with Crippen LogP contribution >= 0.6 is 0 Å². The standard InChI is InChI=1S/C32H34N4O4/c1-32(2,3)23-11-9-22(10-12-23)30(38)34-24-13-16-29(37)26(17-24)27-18-28(21-7-8-21)36(35-27)31(39)33-19-20-5-14-25(40-4)15-6-20/h5-6,9-18,21,37H,7-8,19H2,1-4H3,(H,33,39)(H,34,38). The maximum Gasteiger partial charge on any atom is 0.342 e. The minimum Gasteiger partial charge on any atom is -0.507 e. The molecule has 4 aromatic rings. The van der Waals surface area contributed by atoms with Crippen molar-refractivity contribution >= 4 is 17.6 Å². The lowest BCUT2D eigenvalue weighted by molar-refractivity contribution is 0.102. The molecule has 1 aromatic heterocycles. The molecule has 1 aliphatic rings. The van der Waals surface area contributed by atoms with E-state index in [0.29, 0.717) is 29.1 Å². The molecule has 0 bridgehead atoms. The first-order valence-corrected chi connectivity index (χ1v) is 13.4. The number of benzene rings is 3. The van der Waals surface area contributed by atoms with E-state index >= 15 is 0 Å². The molecule has 0 radical (unpaired) electrons. The molecule has 1 fully saturated rings. The van der Waals surface area contributed by atoms with Crippen LogP contribution in [0, 0.1) is 0 Å². The van der Waals surface area contributed by atoms with E-state index in [4.69, 9.17) is 4.74 Å². The Kier molecular flexibility index (Phi) is 7.34. The SMILES string of the molecule is COc1ccc(CNC(=O)n2nc(-c3cc(NC(=O)c4ccc(C(C)(C)C)cc4)ccc3O)cc2C2CC2)cc1. The van der Waals surface area contributed by atoms with E-state index in [1.165, 1.54) is 10.7 Å².